The van der Waals surface area contributed by atoms with Crippen LogP contribution >= 0.6 is 11.6 Å². The van der Waals surface area contributed by atoms with Gasteiger partial charge < -0.3 is 19.6 Å². The molecule has 2 N–H and O–H groups in total. The van der Waals surface area contributed by atoms with Crippen LogP contribution in [0.2, 0.25) is 5.02 Å². The quantitative estimate of drug-likeness (QED) is 0.263. The van der Waals surface area contributed by atoms with E-state index in [0.29, 0.717) is 29.2 Å². The van der Waals surface area contributed by atoms with Crippen molar-refractivity contribution in [1.29, 1.82) is 0 Å². The molecule has 0 saturated heterocycles. The number of pyridine rings is 1. The van der Waals surface area contributed by atoms with Gasteiger partial charge in [0.2, 0.25) is 0 Å². The molecule has 2 aromatic heterocycles. The van der Waals surface area contributed by atoms with Crippen molar-refractivity contribution in [3.8, 4) is 17.0 Å². The van der Waals surface area contributed by atoms with Crippen molar-refractivity contribution in [3.63, 3.8) is 0 Å². The van der Waals surface area contributed by atoms with Crippen molar-refractivity contribution >= 4 is 23.2 Å². The maximum atomic E-state index is 12.9. The summed E-state index contributed by atoms with van der Waals surface area (Å²) in [5.41, 5.74) is 5.52. The standard InChI is InChI=1S/C28H30ClN3O3.C2H6/c1-18(2)35-26-11-10-22(16-24(26)29)28(34)30-23(12-14-33)15-20-6-8-21(9-7-20)25-17-32-13-4-5-19(3)27(32)31-25;1-2/h4-11,13,16-18,23,33H,12,14-15H2,1-3H3,(H,30,34);1-2H3/t23-;/m1./s1. The third-order valence-electron chi connectivity index (χ3n) is 5.78. The number of aliphatic hydroxyl groups is 1. The first-order valence-electron chi connectivity index (χ1n) is 12.8. The van der Waals surface area contributed by atoms with Crippen LogP contribution in [0.4, 0.5) is 0 Å². The fraction of sp³-hybridized carbons (Fsp3) is 0.333. The van der Waals surface area contributed by atoms with Crippen molar-refractivity contribution < 1.29 is 14.6 Å². The van der Waals surface area contributed by atoms with E-state index in [1.54, 1.807) is 18.2 Å². The lowest BCUT2D eigenvalue weighted by Crippen LogP contribution is -2.37. The number of aryl methyl sites for hydroxylation is 1. The summed E-state index contributed by atoms with van der Waals surface area (Å²) in [6.45, 7) is 9.86. The van der Waals surface area contributed by atoms with Crippen LogP contribution in [0.5, 0.6) is 5.75 Å². The molecular formula is C30H36ClN3O3. The number of hydrogen-bond donors (Lipinski definition) is 2. The number of nitrogens with one attached hydrogen (secondary N) is 1. The van der Waals surface area contributed by atoms with Gasteiger partial charge in [0.05, 0.1) is 16.8 Å². The van der Waals surface area contributed by atoms with E-state index in [-0.39, 0.29) is 24.7 Å². The number of amides is 1. The smallest absolute Gasteiger partial charge is 0.251 e. The minimum atomic E-state index is -0.238. The summed E-state index contributed by atoms with van der Waals surface area (Å²) in [7, 11) is 0. The lowest BCUT2D eigenvalue weighted by Gasteiger charge is -2.19. The highest BCUT2D eigenvalue weighted by Crippen LogP contribution is 2.27. The number of nitrogens with zero attached hydrogens (tertiary/aromatic N) is 2. The van der Waals surface area contributed by atoms with E-state index >= 15 is 0 Å². The number of halogens is 1. The van der Waals surface area contributed by atoms with Crippen LogP contribution in [-0.4, -0.2) is 39.2 Å². The Morgan fingerprint density at radius 2 is 1.86 bits per heavy atom. The number of hydrogen-bond acceptors (Lipinski definition) is 4. The molecule has 0 fully saturated rings. The van der Waals surface area contributed by atoms with Gasteiger partial charge in [-0.15, -0.1) is 0 Å². The Morgan fingerprint density at radius 1 is 1.14 bits per heavy atom. The maximum absolute atomic E-state index is 12.9. The number of carbonyl (C=O) groups excluding carboxylic acids is 1. The highest BCUT2D eigenvalue weighted by atomic mass is 35.5. The van der Waals surface area contributed by atoms with E-state index < -0.39 is 0 Å². The molecule has 2 heterocycles. The van der Waals surface area contributed by atoms with Gasteiger partial charge in [-0.05, 0) is 69.0 Å². The number of ether oxygens (including phenoxy) is 1. The van der Waals surface area contributed by atoms with E-state index in [1.807, 2.05) is 87.8 Å². The molecule has 0 bridgehead atoms. The fourth-order valence-corrected chi connectivity index (χ4v) is 4.26. The molecule has 4 rings (SSSR count). The Morgan fingerprint density at radius 3 is 2.49 bits per heavy atom. The Kier molecular flexibility index (Phi) is 10.1. The van der Waals surface area contributed by atoms with Gasteiger partial charge in [0.15, 0.2) is 0 Å². The molecule has 6 nitrogen and oxygen atoms in total. The van der Waals surface area contributed by atoms with Crippen LogP contribution in [-0.2, 0) is 6.42 Å². The normalized spacial score (nSPS) is 11.7. The van der Waals surface area contributed by atoms with E-state index in [1.165, 1.54) is 0 Å². The number of rotatable bonds is 9. The highest BCUT2D eigenvalue weighted by molar-refractivity contribution is 6.32. The topological polar surface area (TPSA) is 75.9 Å². The average molecular weight is 522 g/mol. The van der Waals surface area contributed by atoms with Gasteiger partial charge in [0.25, 0.3) is 5.91 Å². The summed E-state index contributed by atoms with van der Waals surface area (Å²) in [5, 5.41) is 13.0. The molecule has 1 amide bonds. The molecule has 2 aromatic carbocycles. The molecular weight excluding hydrogens is 486 g/mol. The predicted molar refractivity (Wildman–Crippen MR) is 151 cm³/mol. The highest BCUT2D eigenvalue weighted by Gasteiger charge is 2.16. The fourth-order valence-electron chi connectivity index (χ4n) is 4.03. The van der Waals surface area contributed by atoms with Crippen molar-refractivity contribution in [2.24, 2.45) is 0 Å². The van der Waals surface area contributed by atoms with Gasteiger partial charge in [-0.3, -0.25) is 4.79 Å². The molecule has 196 valence electrons. The van der Waals surface area contributed by atoms with Crippen LogP contribution in [0, 0.1) is 6.92 Å². The van der Waals surface area contributed by atoms with Gasteiger partial charge in [-0.2, -0.15) is 0 Å². The molecule has 4 aromatic rings. The first-order chi connectivity index (χ1) is 17.8. The monoisotopic (exact) mass is 521 g/mol. The van der Waals surface area contributed by atoms with E-state index in [0.717, 1.165) is 28.0 Å². The second-order valence-electron chi connectivity index (χ2n) is 8.94. The SMILES string of the molecule is CC.Cc1cccn2cc(-c3ccc(C[C@@H](CCO)NC(=O)c4ccc(OC(C)C)c(Cl)c4)cc3)nc12. The third-order valence-corrected chi connectivity index (χ3v) is 6.07. The molecule has 0 saturated carbocycles. The van der Waals surface area contributed by atoms with Gasteiger partial charge in [0.1, 0.15) is 11.4 Å². The zero-order chi connectivity index (χ0) is 26.9. The number of aliphatic hydroxyl groups excluding tert-OH is 1. The van der Waals surface area contributed by atoms with Gasteiger partial charge in [0, 0.05) is 36.2 Å². The van der Waals surface area contributed by atoms with Crippen molar-refractivity contribution in [1.82, 2.24) is 14.7 Å². The molecule has 0 aliphatic rings. The lowest BCUT2D eigenvalue weighted by atomic mass is 10.0. The average Bonchev–Trinajstić information content (AvgIpc) is 3.33. The van der Waals surface area contributed by atoms with Crippen molar-refractivity contribution in [3.05, 3.63) is 88.7 Å². The van der Waals surface area contributed by atoms with Crippen molar-refractivity contribution in [2.75, 3.05) is 6.61 Å². The molecule has 0 aliphatic heterocycles. The number of aromatic nitrogens is 2. The molecule has 0 radical (unpaired) electrons. The molecule has 1 atom stereocenters. The number of imidazole rings is 1. The van der Waals surface area contributed by atoms with Crippen LogP contribution < -0.4 is 10.1 Å². The summed E-state index contributed by atoms with van der Waals surface area (Å²) < 4.78 is 7.67. The first kappa shape index (κ1) is 28.2. The summed E-state index contributed by atoms with van der Waals surface area (Å²) >= 11 is 6.29. The molecule has 0 unspecified atom stereocenters. The molecule has 7 heteroatoms. The van der Waals surface area contributed by atoms with Crippen LogP contribution in [0.25, 0.3) is 16.9 Å². The summed E-state index contributed by atoms with van der Waals surface area (Å²) in [6, 6.07) is 17.0. The summed E-state index contributed by atoms with van der Waals surface area (Å²) in [4.78, 5) is 17.6. The van der Waals surface area contributed by atoms with Crippen molar-refractivity contribution in [2.45, 2.75) is 59.6 Å². The Balaban J connectivity index is 0.00000186. The Labute approximate surface area is 224 Å². The Bertz CT molecular complexity index is 1320. The van der Waals surface area contributed by atoms with Crippen LogP contribution in [0.15, 0.2) is 67.0 Å². The minimum Gasteiger partial charge on any atom is -0.489 e. The number of fused-ring (bicyclic) bond motifs is 1. The van der Waals surface area contributed by atoms with Crippen LogP contribution in [0.3, 0.4) is 0 Å². The molecule has 37 heavy (non-hydrogen) atoms. The largest absolute Gasteiger partial charge is 0.489 e. The first-order valence-corrected chi connectivity index (χ1v) is 13.1. The van der Waals surface area contributed by atoms with Gasteiger partial charge in [-0.1, -0.05) is 55.8 Å². The summed E-state index contributed by atoms with van der Waals surface area (Å²) in [6.07, 6.45) is 5.05. The Hall–Kier alpha value is -3.35. The molecule has 0 aliphatic carbocycles. The zero-order valence-corrected chi connectivity index (χ0v) is 22.9. The number of benzene rings is 2. The zero-order valence-electron chi connectivity index (χ0n) is 22.2. The lowest BCUT2D eigenvalue weighted by molar-refractivity contribution is 0.0930. The number of carbonyl (C=O) groups is 1. The van der Waals surface area contributed by atoms with Gasteiger partial charge >= 0.3 is 0 Å². The second-order valence-corrected chi connectivity index (χ2v) is 9.35. The maximum Gasteiger partial charge on any atom is 0.251 e. The predicted octanol–water partition coefficient (Wildman–Crippen LogP) is 6.50. The van der Waals surface area contributed by atoms with E-state index in [9.17, 15) is 9.90 Å². The second kappa shape index (κ2) is 13.3. The third kappa shape index (κ3) is 7.34. The van der Waals surface area contributed by atoms with Crippen LogP contribution in [0.1, 0.15) is 55.6 Å². The van der Waals surface area contributed by atoms with E-state index in [4.69, 9.17) is 21.3 Å². The van der Waals surface area contributed by atoms with E-state index in [2.05, 4.69) is 5.32 Å². The van der Waals surface area contributed by atoms with Gasteiger partial charge in [-0.25, -0.2) is 4.98 Å². The molecule has 0 spiro atoms. The summed E-state index contributed by atoms with van der Waals surface area (Å²) in [5.74, 6) is 0.309. The minimum absolute atomic E-state index is 0.00989.